The Hall–Kier alpha value is -1.98. The van der Waals surface area contributed by atoms with Gasteiger partial charge in [0.1, 0.15) is 11.9 Å². The monoisotopic (exact) mass is 581 g/mol. The van der Waals surface area contributed by atoms with Crippen LogP contribution < -0.4 is 11.1 Å². The summed E-state index contributed by atoms with van der Waals surface area (Å²) in [4.78, 5) is 34.0. The number of esters is 1. The molecule has 226 valence electrons. The van der Waals surface area contributed by atoms with Crippen LogP contribution in [-0.2, 0) is 23.8 Å². The van der Waals surface area contributed by atoms with Crippen LogP contribution in [-0.4, -0.2) is 106 Å². The summed E-state index contributed by atoms with van der Waals surface area (Å²) in [5, 5.41) is 3.22. The van der Waals surface area contributed by atoms with Crippen LogP contribution in [0.15, 0.2) is 27.5 Å². The van der Waals surface area contributed by atoms with Crippen LogP contribution in [0.1, 0.15) is 58.3 Å². The van der Waals surface area contributed by atoms with Gasteiger partial charge in [0, 0.05) is 45.8 Å². The van der Waals surface area contributed by atoms with Gasteiger partial charge in [-0.15, -0.1) is 0 Å². The number of nitrogens with zero attached hydrogens (tertiary/aromatic N) is 3. The van der Waals surface area contributed by atoms with Crippen LogP contribution in [0.4, 0.5) is 0 Å². The number of unbranched alkanes of at least 4 members (excludes halogenated alkanes) is 2. The number of allylic oxidation sites excluding steroid dienone is 2. The molecule has 0 radical (unpaired) electrons. The number of carbonyl (C=O) groups excluding carboxylic acids is 2. The summed E-state index contributed by atoms with van der Waals surface area (Å²) in [6.07, 6.45) is 8.45. The van der Waals surface area contributed by atoms with E-state index < -0.39 is 6.10 Å². The molecule has 4 heterocycles. The van der Waals surface area contributed by atoms with Crippen LogP contribution in [0.3, 0.4) is 0 Å². The van der Waals surface area contributed by atoms with Crippen molar-refractivity contribution in [3.63, 3.8) is 0 Å². The molecular weight excluding hydrogens is 534 g/mol. The summed E-state index contributed by atoms with van der Waals surface area (Å²) in [5.41, 5.74) is 6.08. The maximum Gasteiger partial charge on any atom is 0.306 e. The zero-order chi connectivity index (χ0) is 29.1. The molecule has 0 aromatic rings. The lowest BCUT2D eigenvalue weighted by Crippen LogP contribution is -2.55. The van der Waals surface area contributed by atoms with Crippen LogP contribution in [0.25, 0.3) is 0 Å². The first-order valence-electron chi connectivity index (χ1n) is 14.6. The highest BCUT2D eigenvalue weighted by Crippen LogP contribution is 2.28. The van der Waals surface area contributed by atoms with Crippen molar-refractivity contribution in [2.24, 2.45) is 16.6 Å². The summed E-state index contributed by atoms with van der Waals surface area (Å²) < 4.78 is 16.9. The van der Waals surface area contributed by atoms with E-state index >= 15 is 0 Å². The Bertz CT molecular complexity index is 906. The van der Waals surface area contributed by atoms with E-state index in [1.165, 1.54) is 26.0 Å². The number of methoxy groups -OCH3 is 2. The number of aliphatic imine (C=N–C) groups is 1. The average Bonchev–Trinajstić information content (AvgIpc) is 3.27. The molecule has 0 aliphatic carbocycles. The molecule has 4 aliphatic heterocycles. The molecular formula is C29H48ClN5O5. The smallest absolute Gasteiger partial charge is 0.306 e. The molecule has 11 heteroatoms. The molecule has 2 bridgehead atoms. The molecule has 0 spiro atoms. The Kier molecular flexibility index (Phi) is 13.4. The SMILES string of the molecule is C=N/C(N)=C(Cl)\C=C(\C(=O)NC1CCN(CCCCCC(=O)O[C@@H]2CC3CCN(CC3)C2)CC1OC)C(C)OC. The molecule has 40 heavy (non-hydrogen) atoms. The van der Waals surface area contributed by atoms with Crippen molar-refractivity contribution in [1.82, 2.24) is 15.1 Å². The van der Waals surface area contributed by atoms with Crippen molar-refractivity contribution < 1.29 is 23.8 Å². The molecule has 4 atom stereocenters. The number of piperidine rings is 2. The number of nitrogens with two attached hydrogens (primary N) is 1. The maximum absolute atomic E-state index is 13.1. The Morgan fingerprint density at radius 2 is 1.90 bits per heavy atom. The first-order valence-corrected chi connectivity index (χ1v) is 15.0. The zero-order valence-corrected chi connectivity index (χ0v) is 25.2. The van der Waals surface area contributed by atoms with Gasteiger partial charge in [-0.1, -0.05) is 18.0 Å². The van der Waals surface area contributed by atoms with E-state index in [4.69, 9.17) is 31.5 Å². The number of carbonyl (C=O) groups is 2. The number of amides is 1. The number of hydrogen-bond donors (Lipinski definition) is 2. The Labute approximate surface area is 244 Å². The third-order valence-electron chi connectivity index (χ3n) is 8.43. The third kappa shape index (κ3) is 9.83. The van der Waals surface area contributed by atoms with Crippen molar-refractivity contribution in [1.29, 1.82) is 0 Å². The largest absolute Gasteiger partial charge is 0.461 e. The highest BCUT2D eigenvalue weighted by molar-refractivity contribution is 6.32. The average molecular weight is 582 g/mol. The number of ether oxygens (including phenoxy) is 3. The van der Waals surface area contributed by atoms with Gasteiger partial charge >= 0.3 is 5.97 Å². The summed E-state index contributed by atoms with van der Waals surface area (Å²) in [6, 6.07) is -0.149. The van der Waals surface area contributed by atoms with E-state index in [0.717, 1.165) is 71.4 Å². The van der Waals surface area contributed by atoms with Crippen molar-refractivity contribution in [2.45, 2.75) is 82.6 Å². The van der Waals surface area contributed by atoms with Gasteiger partial charge in [-0.2, -0.15) is 0 Å². The molecule has 10 nitrogen and oxygen atoms in total. The molecule has 1 amide bonds. The first kappa shape index (κ1) is 32.5. The highest BCUT2D eigenvalue weighted by atomic mass is 35.5. The van der Waals surface area contributed by atoms with Crippen molar-refractivity contribution >= 4 is 30.2 Å². The Morgan fingerprint density at radius 1 is 1.15 bits per heavy atom. The second kappa shape index (κ2) is 16.5. The highest BCUT2D eigenvalue weighted by Gasteiger charge is 2.32. The topological polar surface area (TPSA) is 119 Å². The normalized spacial score (nSPS) is 28.8. The molecule has 0 aromatic carbocycles. The zero-order valence-electron chi connectivity index (χ0n) is 24.4. The summed E-state index contributed by atoms with van der Waals surface area (Å²) in [5.74, 6) is 0.414. The lowest BCUT2D eigenvalue weighted by Gasteiger charge is -2.38. The fourth-order valence-electron chi connectivity index (χ4n) is 5.87. The van der Waals surface area contributed by atoms with Crippen molar-refractivity contribution in [3.8, 4) is 0 Å². The number of halogens is 1. The van der Waals surface area contributed by atoms with Crippen molar-refractivity contribution in [3.05, 3.63) is 22.5 Å². The minimum atomic E-state index is -0.496. The van der Waals surface area contributed by atoms with Crippen LogP contribution in [0.2, 0.25) is 0 Å². The maximum atomic E-state index is 13.1. The molecule has 0 aromatic heterocycles. The number of hydrogen-bond acceptors (Lipinski definition) is 9. The van der Waals surface area contributed by atoms with E-state index in [2.05, 4.69) is 26.8 Å². The molecule has 3 N–H and O–H groups in total. The molecule has 4 saturated heterocycles. The minimum Gasteiger partial charge on any atom is -0.461 e. The van der Waals surface area contributed by atoms with Gasteiger partial charge in [0.15, 0.2) is 0 Å². The molecule has 4 fully saturated rings. The summed E-state index contributed by atoms with van der Waals surface area (Å²) >= 11 is 6.19. The third-order valence-corrected chi connectivity index (χ3v) is 8.73. The lowest BCUT2D eigenvalue weighted by molar-refractivity contribution is -0.150. The second-order valence-electron chi connectivity index (χ2n) is 11.2. The fourth-order valence-corrected chi connectivity index (χ4v) is 6.05. The van der Waals surface area contributed by atoms with Gasteiger partial charge in [-0.25, -0.2) is 4.99 Å². The van der Waals surface area contributed by atoms with Gasteiger partial charge in [-0.3, -0.25) is 14.5 Å². The molecule has 4 aliphatic rings. The lowest BCUT2D eigenvalue weighted by atomic mass is 9.95. The molecule has 3 unspecified atom stereocenters. The van der Waals surface area contributed by atoms with E-state index in [9.17, 15) is 9.59 Å². The van der Waals surface area contributed by atoms with E-state index in [1.807, 2.05) is 0 Å². The second-order valence-corrected chi connectivity index (χ2v) is 11.6. The van der Waals surface area contributed by atoms with Crippen LogP contribution >= 0.6 is 11.6 Å². The van der Waals surface area contributed by atoms with Gasteiger partial charge in [0.25, 0.3) is 0 Å². The summed E-state index contributed by atoms with van der Waals surface area (Å²) in [7, 11) is 3.19. The van der Waals surface area contributed by atoms with Gasteiger partial charge in [0.05, 0.1) is 23.3 Å². The Morgan fingerprint density at radius 3 is 2.58 bits per heavy atom. The number of rotatable bonds is 14. The van der Waals surface area contributed by atoms with E-state index in [1.54, 1.807) is 14.0 Å². The Balaban J connectivity index is 1.38. The van der Waals surface area contributed by atoms with Gasteiger partial charge in [-0.05, 0) is 83.8 Å². The minimum absolute atomic E-state index is 0.0415. The predicted octanol–water partition coefficient (Wildman–Crippen LogP) is 2.81. The number of fused-ring (bicyclic) bond motifs is 4. The quantitative estimate of drug-likeness (QED) is 0.106. The van der Waals surface area contributed by atoms with Crippen LogP contribution in [0, 0.1) is 5.92 Å². The summed E-state index contributed by atoms with van der Waals surface area (Å²) in [6.45, 7) is 10.8. The predicted molar refractivity (Wildman–Crippen MR) is 157 cm³/mol. The molecule has 0 saturated carbocycles. The van der Waals surface area contributed by atoms with E-state index in [0.29, 0.717) is 17.9 Å². The molecule has 4 rings (SSSR count). The number of nitrogens with one attached hydrogen (secondary N) is 1. The van der Waals surface area contributed by atoms with Crippen LogP contribution in [0.5, 0.6) is 0 Å². The van der Waals surface area contributed by atoms with Gasteiger partial charge in [0.2, 0.25) is 5.91 Å². The number of likely N-dealkylation sites (tertiary alicyclic amines) is 1. The van der Waals surface area contributed by atoms with E-state index in [-0.39, 0.29) is 41.0 Å². The van der Waals surface area contributed by atoms with Crippen molar-refractivity contribution in [2.75, 3.05) is 53.5 Å². The first-order chi connectivity index (χ1) is 19.2. The fraction of sp³-hybridized carbons (Fsp3) is 0.759. The standard InChI is InChI=1S/C29H48ClN5O5/c1-20(38-3)23(17-24(30)28(31)32-2)29(37)33-25-11-15-34(19-26(25)39-4)12-7-5-6-8-27(36)40-22-16-21-9-13-35(18-22)14-10-21/h17,20-22,25-26H,2,5-16,18-19,31H2,1,3-4H3,(H,33,37)/b23-17+,28-24+/t20?,22-,25?,26?/m1/s1. The van der Waals surface area contributed by atoms with Gasteiger partial charge < -0.3 is 30.2 Å².